The number of unbranched alkanes of at least 4 members (excludes halogenated alkanes) is 4. The van der Waals surface area contributed by atoms with Crippen molar-refractivity contribution in [2.24, 2.45) is 0 Å². The highest BCUT2D eigenvalue weighted by molar-refractivity contribution is 5.48. The van der Waals surface area contributed by atoms with Crippen molar-refractivity contribution < 1.29 is 9.85 Å². The molecule has 0 heterocycles. The second kappa shape index (κ2) is 9.89. The van der Waals surface area contributed by atoms with Crippen LogP contribution in [0.3, 0.4) is 0 Å². The molecule has 1 aromatic rings. The number of hydrogen-bond acceptors (Lipinski definition) is 4. The van der Waals surface area contributed by atoms with Gasteiger partial charge in [0.15, 0.2) is 0 Å². The number of non-ortho nitro benzene ring substituents is 1. The molecule has 0 unspecified atom stereocenters. The number of nitrogens with zero attached hydrogens (tertiary/aromatic N) is 2. The largest absolute Gasteiger partial charge is 0.279 e. The third kappa shape index (κ3) is 6.82. The van der Waals surface area contributed by atoms with E-state index >= 15 is 0 Å². The smallest absolute Gasteiger partial charge is 0.258 e. The van der Waals surface area contributed by atoms with E-state index in [0.29, 0.717) is 5.56 Å². The van der Waals surface area contributed by atoms with Gasteiger partial charge in [-0.05, 0) is 13.0 Å². The molecule has 20 heavy (non-hydrogen) atoms. The molecule has 0 radical (unpaired) electrons. The monoisotopic (exact) mass is 282 g/mol. The van der Waals surface area contributed by atoms with E-state index in [-0.39, 0.29) is 11.4 Å². The summed E-state index contributed by atoms with van der Waals surface area (Å²) >= 11 is 0. The van der Waals surface area contributed by atoms with Crippen LogP contribution in [0.1, 0.15) is 51.5 Å². The number of nitro benzene ring substituents is 2. The summed E-state index contributed by atoms with van der Waals surface area (Å²) in [7, 11) is 0. The van der Waals surface area contributed by atoms with Gasteiger partial charge >= 0.3 is 0 Å². The molecule has 0 fully saturated rings. The lowest BCUT2D eigenvalue weighted by molar-refractivity contribution is -0.394. The second-order valence-corrected chi connectivity index (χ2v) is 4.55. The van der Waals surface area contributed by atoms with Crippen molar-refractivity contribution in [3.05, 3.63) is 44.0 Å². The van der Waals surface area contributed by atoms with Crippen molar-refractivity contribution in [2.45, 2.75) is 52.9 Å². The van der Waals surface area contributed by atoms with Crippen LogP contribution in [0.25, 0.3) is 0 Å². The van der Waals surface area contributed by atoms with Crippen LogP contribution < -0.4 is 0 Å². The highest BCUT2D eigenvalue weighted by Crippen LogP contribution is 2.23. The fourth-order valence-corrected chi connectivity index (χ4v) is 1.58. The Morgan fingerprint density at radius 2 is 1.50 bits per heavy atom. The van der Waals surface area contributed by atoms with Gasteiger partial charge in [0, 0.05) is 11.6 Å². The zero-order chi connectivity index (χ0) is 15.5. The summed E-state index contributed by atoms with van der Waals surface area (Å²) in [5.74, 6) is 0. The first-order valence-corrected chi connectivity index (χ1v) is 6.83. The fourth-order valence-electron chi connectivity index (χ4n) is 1.58. The molecule has 0 atom stereocenters. The van der Waals surface area contributed by atoms with E-state index in [9.17, 15) is 20.2 Å². The first kappa shape index (κ1) is 18.0. The van der Waals surface area contributed by atoms with E-state index in [4.69, 9.17) is 0 Å². The van der Waals surface area contributed by atoms with Crippen molar-refractivity contribution in [3.63, 3.8) is 0 Å². The molecule has 0 bridgehead atoms. The van der Waals surface area contributed by atoms with E-state index in [2.05, 4.69) is 13.8 Å². The van der Waals surface area contributed by atoms with Crippen LogP contribution in [0.2, 0.25) is 0 Å². The predicted octanol–water partition coefficient (Wildman–Crippen LogP) is 4.79. The van der Waals surface area contributed by atoms with Crippen molar-refractivity contribution in [1.29, 1.82) is 0 Å². The molecule has 0 aliphatic heterocycles. The lowest BCUT2D eigenvalue weighted by Gasteiger charge is -1.95. The zero-order valence-electron chi connectivity index (χ0n) is 12.3. The summed E-state index contributed by atoms with van der Waals surface area (Å²) in [5.41, 5.74) is -0.0814. The van der Waals surface area contributed by atoms with Gasteiger partial charge in [-0.3, -0.25) is 20.2 Å². The maximum absolute atomic E-state index is 10.4. The molecule has 0 aliphatic rings. The molecule has 0 saturated heterocycles. The molecule has 0 aliphatic carbocycles. The molecule has 0 saturated carbocycles. The predicted molar refractivity (Wildman–Crippen MR) is 78.9 cm³/mol. The third-order valence-electron chi connectivity index (χ3n) is 2.81. The van der Waals surface area contributed by atoms with Gasteiger partial charge in [0.05, 0.1) is 15.9 Å². The normalized spacial score (nSPS) is 9.55. The number of rotatable bonds is 6. The van der Waals surface area contributed by atoms with E-state index in [1.165, 1.54) is 51.2 Å². The Labute approximate surface area is 119 Å². The van der Waals surface area contributed by atoms with Gasteiger partial charge in [0.2, 0.25) is 0 Å². The van der Waals surface area contributed by atoms with Crippen LogP contribution in [-0.4, -0.2) is 9.85 Å². The summed E-state index contributed by atoms with van der Waals surface area (Å²) in [6, 6.07) is 3.55. The van der Waals surface area contributed by atoms with Gasteiger partial charge in [0.25, 0.3) is 11.4 Å². The Kier molecular flexibility index (Phi) is 8.91. The maximum Gasteiger partial charge on any atom is 0.279 e. The highest BCUT2D eigenvalue weighted by Gasteiger charge is 2.15. The minimum absolute atomic E-state index is 0.228. The Balaban J connectivity index is 0.000000441. The molecule has 6 heteroatoms. The third-order valence-corrected chi connectivity index (χ3v) is 2.81. The van der Waals surface area contributed by atoms with Crippen molar-refractivity contribution in [1.82, 2.24) is 0 Å². The van der Waals surface area contributed by atoms with Crippen molar-refractivity contribution in [2.75, 3.05) is 0 Å². The topological polar surface area (TPSA) is 86.3 Å². The van der Waals surface area contributed by atoms with Gasteiger partial charge in [-0.1, -0.05) is 46.0 Å². The van der Waals surface area contributed by atoms with E-state index in [1.807, 2.05) is 0 Å². The maximum atomic E-state index is 10.4. The van der Waals surface area contributed by atoms with Gasteiger partial charge < -0.3 is 0 Å². The van der Waals surface area contributed by atoms with Crippen LogP contribution in [0.5, 0.6) is 0 Å². The Morgan fingerprint density at radius 1 is 0.950 bits per heavy atom. The standard InChI is InChI=1S/C7H6N2O4.C7H16/c1-5-2-3-6(8(10)11)4-7(5)9(12)13;1-3-5-7-6-4-2/h2-4H,1H3;3-7H2,1-2H3. The zero-order valence-corrected chi connectivity index (χ0v) is 12.3. The summed E-state index contributed by atoms with van der Waals surface area (Å²) in [6.07, 6.45) is 7.01. The SMILES string of the molecule is CCCCCCC.Cc1ccc([N+](=O)[O-])cc1[N+](=O)[O-]. The summed E-state index contributed by atoms with van der Waals surface area (Å²) < 4.78 is 0. The molecule has 1 aromatic carbocycles. The number of benzene rings is 1. The number of hydrogen-bond donors (Lipinski definition) is 0. The van der Waals surface area contributed by atoms with Crippen LogP contribution >= 0.6 is 0 Å². The summed E-state index contributed by atoms with van der Waals surface area (Å²) in [4.78, 5) is 19.4. The van der Waals surface area contributed by atoms with E-state index in [0.717, 1.165) is 6.07 Å². The first-order chi connectivity index (χ1) is 9.43. The second-order valence-electron chi connectivity index (χ2n) is 4.55. The molecule has 0 spiro atoms. The molecule has 0 amide bonds. The Bertz CT molecular complexity index is 443. The fraction of sp³-hybridized carbons (Fsp3) is 0.571. The summed E-state index contributed by atoms with van der Waals surface area (Å²) in [5, 5.41) is 20.6. The van der Waals surface area contributed by atoms with Gasteiger partial charge in [-0.2, -0.15) is 0 Å². The lowest BCUT2D eigenvalue weighted by Crippen LogP contribution is -1.94. The molecule has 112 valence electrons. The quantitative estimate of drug-likeness (QED) is 0.426. The van der Waals surface area contributed by atoms with Crippen LogP contribution in [0.15, 0.2) is 18.2 Å². The molecule has 6 nitrogen and oxygen atoms in total. The summed E-state index contributed by atoms with van der Waals surface area (Å²) in [6.45, 7) is 6.02. The average Bonchev–Trinajstić information content (AvgIpc) is 2.40. The van der Waals surface area contributed by atoms with Crippen LogP contribution in [0, 0.1) is 27.2 Å². The molecular weight excluding hydrogens is 260 g/mol. The van der Waals surface area contributed by atoms with Crippen LogP contribution in [0.4, 0.5) is 11.4 Å². The molecule has 0 N–H and O–H groups in total. The van der Waals surface area contributed by atoms with Gasteiger partial charge in [0.1, 0.15) is 0 Å². The van der Waals surface area contributed by atoms with E-state index in [1.54, 1.807) is 0 Å². The van der Waals surface area contributed by atoms with Crippen molar-refractivity contribution in [3.8, 4) is 0 Å². The van der Waals surface area contributed by atoms with Crippen LogP contribution in [-0.2, 0) is 0 Å². The minimum Gasteiger partial charge on any atom is -0.258 e. The Morgan fingerprint density at radius 3 is 1.90 bits per heavy atom. The Hall–Kier alpha value is -1.98. The molecule has 1 rings (SSSR count). The van der Waals surface area contributed by atoms with Crippen molar-refractivity contribution >= 4 is 11.4 Å². The molecular formula is C14H22N2O4. The lowest BCUT2D eigenvalue weighted by atomic mass is 10.2. The van der Waals surface area contributed by atoms with E-state index < -0.39 is 9.85 Å². The number of nitro groups is 2. The highest BCUT2D eigenvalue weighted by atomic mass is 16.6. The first-order valence-electron chi connectivity index (χ1n) is 6.83. The van der Waals surface area contributed by atoms with Gasteiger partial charge in [-0.25, -0.2) is 0 Å². The number of aryl methyl sites for hydroxylation is 1. The minimum atomic E-state index is -0.660. The van der Waals surface area contributed by atoms with Gasteiger partial charge in [-0.15, -0.1) is 0 Å². The molecule has 0 aromatic heterocycles. The average molecular weight is 282 g/mol.